The van der Waals surface area contributed by atoms with E-state index in [1.54, 1.807) is 17.0 Å². The zero-order valence-corrected chi connectivity index (χ0v) is 11.6. The Morgan fingerprint density at radius 1 is 1.45 bits per heavy atom. The second-order valence-electron chi connectivity index (χ2n) is 5.12. The van der Waals surface area contributed by atoms with Crippen molar-refractivity contribution in [3.63, 3.8) is 0 Å². The number of hydrogen-bond donors (Lipinski definition) is 2. The molecule has 1 heterocycles. The fourth-order valence-corrected chi connectivity index (χ4v) is 2.50. The third-order valence-corrected chi connectivity index (χ3v) is 3.59. The highest BCUT2D eigenvalue weighted by atomic mass is 16.3. The number of hydrogen-bond acceptors (Lipinski definition) is 3. The number of carbonyl (C=O) groups excluding carboxylic acids is 2. The molecule has 1 aromatic rings. The number of nitrogens with one attached hydrogen (secondary N) is 1. The predicted octanol–water partition coefficient (Wildman–Crippen LogP) is 0.708. The molecule has 0 bridgehead atoms. The number of likely N-dealkylation sites (tertiary alicyclic amines) is 1. The van der Waals surface area contributed by atoms with Gasteiger partial charge in [-0.1, -0.05) is 17.7 Å². The molecule has 1 aromatic carbocycles. The molecule has 20 heavy (non-hydrogen) atoms. The molecule has 1 aliphatic heterocycles. The van der Waals surface area contributed by atoms with Crippen molar-refractivity contribution in [3.8, 4) is 0 Å². The van der Waals surface area contributed by atoms with Crippen LogP contribution >= 0.6 is 0 Å². The molecule has 1 atom stereocenters. The van der Waals surface area contributed by atoms with E-state index in [9.17, 15) is 14.7 Å². The standard InChI is InChI=1S/C15H20N2O3/c1-11-4-2-5-12(8-11)15(20)16-9-14(19)17-7-3-6-13(17)10-18/h2,4-5,8,13,18H,3,6-7,9-10H2,1H3,(H,16,20)/t13-/m0/s1. The minimum Gasteiger partial charge on any atom is -0.394 e. The molecular formula is C15H20N2O3. The Morgan fingerprint density at radius 3 is 2.95 bits per heavy atom. The quantitative estimate of drug-likeness (QED) is 0.851. The van der Waals surface area contributed by atoms with Gasteiger partial charge in [0, 0.05) is 12.1 Å². The van der Waals surface area contributed by atoms with Gasteiger partial charge in [0.15, 0.2) is 0 Å². The summed E-state index contributed by atoms with van der Waals surface area (Å²) in [6.07, 6.45) is 1.73. The summed E-state index contributed by atoms with van der Waals surface area (Å²) in [5.74, 6) is -0.385. The smallest absolute Gasteiger partial charge is 0.251 e. The van der Waals surface area contributed by atoms with Crippen molar-refractivity contribution in [2.45, 2.75) is 25.8 Å². The number of carbonyl (C=O) groups is 2. The molecule has 2 amide bonds. The SMILES string of the molecule is Cc1cccc(C(=O)NCC(=O)N2CCC[C@H]2CO)c1. The van der Waals surface area contributed by atoms with E-state index in [1.807, 2.05) is 19.1 Å². The molecule has 0 aliphatic carbocycles. The average Bonchev–Trinajstić information content (AvgIpc) is 2.92. The predicted molar refractivity (Wildman–Crippen MR) is 75.3 cm³/mol. The Bertz CT molecular complexity index is 502. The van der Waals surface area contributed by atoms with E-state index in [1.165, 1.54) is 0 Å². The molecule has 5 nitrogen and oxygen atoms in total. The van der Waals surface area contributed by atoms with Crippen molar-refractivity contribution < 1.29 is 14.7 Å². The van der Waals surface area contributed by atoms with E-state index in [4.69, 9.17) is 0 Å². The van der Waals surface area contributed by atoms with Gasteiger partial charge in [0.25, 0.3) is 5.91 Å². The molecule has 0 spiro atoms. The zero-order valence-electron chi connectivity index (χ0n) is 11.6. The van der Waals surface area contributed by atoms with E-state index in [2.05, 4.69) is 5.32 Å². The molecular weight excluding hydrogens is 256 g/mol. The van der Waals surface area contributed by atoms with Gasteiger partial charge >= 0.3 is 0 Å². The number of aliphatic hydroxyl groups excluding tert-OH is 1. The fourth-order valence-electron chi connectivity index (χ4n) is 2.50. The van der Waals surface area contributed by atoms with Gasteiger partial charge in [0.2, 0.25) is 5.91 Å². The number of amides is 2. The van der Waals surface area contributed by atoms with E-state index in [0.29, 0.717) is 12.1 Å². The summed E-state index contributed by atoms with van der Waals surface area (Å²) in [6, 6.07) is 7.14. The van der Waals surface area contributed by atoms with Crippen molar-refractivity contribution in [1.82, 2.24) is 10.2 Å². The lowest BCUT2D eigenvalue weighted by molar-refractivity contribution is -0.131. The van der Waals surface area contributed by atoms with Crippen LogP contribution in [0, 0.1) is 6.92 Å². The van der Waals surface area contributed by atoms with Crippen LogP contribution in [0.4, 0.5) is 0 Å². The summed E-state index contributed by atoms with van der Waals surface area (Å²) >= 11 is 0. The molecule has 0 aromatic heterocycles. The molecule has 0 radical (unpaired) electrons. The van der Waals surface area contributed by atoms with E-state index >= 15 is 0 Å². The van der Waals surface area contributed by atoms with Crippen LogP contribution in [0.1, 0.15) is 28.8 Å². The summed E-state index contributed by atoms with van der Waals surface area (Å²) in [5.41, 5.74) is 1.56. The van der Waals surface area contributed by atoms with E-state index < -0.39 is 0 Å². The molecule has 2 rings (SSSR count). The van der Waals surface area contributed by atoms with Crippen molar-refractivity contribution in [1.29, 1.82) is 0 Å². The molecule has 5 heteroatoms. The molecule has 0 unspecified atom stereocenters. The number of benzene rings is 1. The third kappa shape index (κ3) is 3.36. The van der Waals surface area contributed by atoms with Crippen LogP contribution in [-0.4, -0.2) is 47.6 Å². The van der Waals surface area contributed by atoms with E-state index in [0.717, 1.165) is 18.4 Å². The topological polar surface area (TPSA) is 69.6 Å². The first-order valence-corrected chi connectivity index (χ1v) is 6.87. The maximum atomic E-state index is 12.0. The van der Waals surface area contributed by atoms with Crippen molar-refractivity contribution in [2.24, 2.45) is 0 Å². The normalized spacial score (nSPS) is 18.1. The molecule has 0 saturated carbocycles. The summed E-state index contributed by atoms with van der Waals surface area (Å²) in [6.45, 7) is 2.53. The van der Waals surface area contributed by atoms with Crippen LogP contribution < -0.4 is 5.32 Å². The van der Waals surface area contributed by atoms with Gasteiger partial charge in [-0.05, 0) is 31.9 Å². The Balaban J connectivity index is 1.88. The molecule has 1 saturated heterocycles. The van der Waals surface area contributed by atoms with Gasteiger partial charge in [-0.3, -0.25) is 9.59 Å². The van der Waals surface area contributed by atoms with Gasteiger partial charge in [-0.15, -0.1) is 0 Å². The van der Waals surface area contributed by atoms with Crippen molar-refractivity contribution in [3.05, 3.63) is 35.4 Å². The summed E-state index contributed by atoms with van der Waals surface area (Å²) < 4.78 is 0. The molecule has 1 aliphatic rings. The lowest BCUT2D eigenvalue weighted by atomic mass is 10.1. The van der Waals surface area contributed by atoms with Gasteiger partial charge in [-0.25, -0.2) is 0 Å². The van der Waals surface area contributed by atoms with Crippen LogP contribution in [0.5, 0.6) is 0 Å². The van der Waals surface area contributed by atoms with Crippen LogP contribution in [-0.2, 0) is 4.79 Å². The highest BCUT2D eigenvalue weighted by Crippen LogP contribution is 2.16. The molecule has 2 N–H and O–H groups in total. The first kappa shape index (κ1) is 14.5. The van der Waals surface area contributed by atoms with Crippen molar-refractivity contribution >= 4 is 11.8 Å². The van der Waals surface area contributed by atoms with Gasteiger partial charge in [0.1, 0.15) is 0 Å². The van der Waals surface area contributed by atoms with Crippen LogP contribution in [0.15, 0.2) is 24.3 Å². The van der Waals surface area contributed by atoms with Gasteiger partial charge in [0.05, 0.1) is 19.2 Å². The van der Waals surface area contributed by atoms with Crippen LogP contribution in [0.3, 0.4) is 0 Å². The summed E-state index contributed by atoms with van der Waals surface area (Å²) in [7, 11) is 0. The highest BCUT2D eigenvalue weighted by Gasteiger charge is 2.27. The Morgan fingerprint density at radius 2 is 2.25 bits per heavy atom. The maximum Gasteiger partial charge on any atom is 0.251 e. The van der Waals surface area contributed by atoms with E-state index in [-0.39, 0.29) is 31.0 Å². The Hall–Kier alpha value is -1.88. The zero-order chi connectivity index (χ0) is 14.5. The Labute approximate surface area is 118 Å². The third-order valence-electron chi connectivity index (χ3n) is 3.59. The maximum absolute atomic E-state index is 12.0. The second-order valence-corrected chi connectivity index (χ2v) is 5.12. The first-order valence-electron chi connectivity index (χ1n) is 6.87. The molecule has 1 fully saturated rings. The highest BCUT2D eigenvalue weighted by molar-refractivity contribution is 5.96. The summed E-state index contributed by atoms with van der Waals surface area (Å²) in [4.78, 5) is 25.6. The fraction of sp³-hybridized carbons (Fsp3) is 0.467. The van der Waals surface area contributed by atoms with Crippen molar-refractivity contribution in [2.75, 3.05) is 19.7 Å². The lowest BCUT2D eigenvalue weighted by Crippen LogP contribution is -2.43. The Kier molecular flexibility index (Phi) is 4.74. The monoisotopic (exact) mass is 276 g/mol. The largest absolute Gasteiger partial charge is 0.394 e. The van der Waals surface area contributed by atoms with Gasteiger partial charge in [-0.2, -0.15) is 0 Å². The summed E-state index contributed by atoms with van der Waals surface area (Å²) in [5, 5.41) is 11.8. The number of aryl methyl sites for hydroxylation is 1. The first-order chi connectivity index (χ1) is 9.61. The van der Waals surface area contributed by atoms with Crippen LogP contribution in [0.2, 0.25) is 0 Å². The number of nitrogens with zero attached hydrogens (tertiary/aromatic N) is 1. The second kappa shape index (κ2) is 6.52. The number of rotatable bonds is 4. The van der Waals surface area contributed by atoms with Gasteiger partial charge < -0.3 is 15.3 Å². The van der Waals surface area contributed by atoms with Crippen LogP contribution in [0.25, 0.3) is 0 Å². The average molecular weight is 276 g/mol. The number of aliphatic hydroxyl groups is 1. The minimum atomic E-state index is -0.248. The minimum absolute atomic E-state index is 0.0163. The lowest BCUT2D eigenvalue weighted by Gasteiger charge is -2.23. The molecule has 108 valence electrons.